The van der Waals surface area contributed by atoms with E-state index in [1.54, 1.807) is 0 Å². The standard InChI is InChI=1S/C2H5NO2S/c1-6(5)3-2-4/h2H,1H3,(H,3,4). The van der Waals surface area contributed by atoms with Crippen molar-refractivity contribution in [2.45, 2.75) is 0 Å². The monoisotopic (exact) mass is 107 g/mol. The highest BCUT2D eigenvalue weighted by Gasteiger charge is 1.75. The molecule has 0 aromatic rings. The molecule has 0 aromatic heterocycles. The van der Waals surface area contributed by atoms with Gasteiger partial charge in [0.05, 0.1) is 0 Å². The third-order valence-electron chi connectivity index (χ3n) is 0.214. The lowest BCUT2D eigenvalue weighted by molar-refractivity contribution is -0.108. The van der Waals surface area contributed by atoms with Crippen molar-refractivity contribution in [2.75, 3.05) is 6.26 Å². The average molecular weight is 107 g/mol. The zero-order valence-electron chi connectivity index (χ0n) is 3.30. The molecule has 0 fully saturated rings. The van der Waals surface area contributed by atoms with E-state index < -0.39 is 11.0 Å². The van der Waals surface area contributed by atoms with E-state index in [0.717, 1.165) is 0 Å². The third kappa shape index (κ3) is 3.62. The smallest absolute Gasteiger partial charge is 0.218 e. The quantitative estimate of drug-likeness (QED) is 0.461. The molecule has 0 aliphatic rings. The van der Waals surface area contributed by atoms with Crippen molar-refractivity contribution in [1.82, 2.24) is 4.72 Å². The summed E-state index contributed by atoms with van der Waals surface area (Å²) in [5.41, 5.74) is 0. The Bertz CT molecular complexity index is 71.9. The number of rotatable bonds is 2. The topological polar surface area (TPSA) is 46.2 Å². The largest absolute Gasteiger partial charge is 0.278 e. The van der Waals surface area contributed by atoms with Gasteiger partial charge in [-0.25, -0.2) is 4.21 Å². The summed E-state index contributed by atoms with van der Waals surface area (Å²) in [5, 5.41) is 0. The first-order chi connectivity index (χ1) is 2.77. The second-order valence-corrected chi connectivity index (χ2v) is 1.83. The van der Waals surface area contributed by atoms with E-state index in [9.17, 15) is 9.00 Å². The van der Waals surface area contributed by atoms with E-state index in [4.69, 9.17) is 0 Å². The SMILES string of the molecule is CS(=O)NC=O. The van der Waals surface area contributed by atoms with Crippen molar-refractivity contribution in [3.05, 3.63) is 0 Å². The first-order valence-corrected chi connectivity index (χ1v) is 2.86. The minimum absolute atomic E-state index is 0.399. The van der Waals surface area contributed by atoms with Crippen LogP contribution in [-0.4, -0.2) is 16.9 Å². The summed E-state index contributed by atoms with van der Waals surface area (Å²) in [6, 6.07) is 0. The highest BCUT2D eigenvalue weighted by Crippen LogP contribution is 1.51. The molecule has 0 radical (unpaired) electrons. The van der Waals surface area contributed by atoms with E-state index in [2.05, 4.69) is 0 Å². The first-order valence-electron chi connectivity index (χ1n) is 1.30. The van der Waals surface area contributed by atoms with Crippen molar-refractivity contribution in [1.29, 1.82) is 0 Å². The van der Waals surface area contributed by atoms with Gasteiger partial charge in [-0.15, -0.1) is 0 Å². The highest BCUT2D eigenvalue weighted by molar-refractivity contribution is 7.82. The predicted molar refractivity (Wildman–Crippen MR) is 23.3 cm³/mol. The molecule has 6 heavy (non-hydrogen) atoms. The van der Waals surface area contributed by atoms with Crippen LogP contribution in [0.4, 0.5) is 0 Å². The fourth-order valence-corrected chi connectivity index (χ4v) is 0.203. The molecule has 0 spiro atoms. The van der Waals surface area contributed by atoms with Crippen LogP contribution in [0.2, 0.25) is 0 Å². The van der Waals surface area contributed by atoms with Crippen LogP contribution in [0.15, 0.2) is 0 Å². The van der Waals surface area contributed by atoms with Gasteiger partial charge in [-0.2, -0.15) is 0 Å². The second kappa shape index (κ2) is 2.84. The van der Waals surface area contributed by atoms with E-state index in [0.29, 0.717) is 6.41 Å². The van der Waals surface area contributed by atoms with Crippen LogP contribution >= 0.6 is 0 Å². The Morgan fingerprint density at radius 3 is 2.33 bits per heavy atom. The molecule has 1 atom stereocenters. The predicted octanol–water partition coefficient (Wildman–Crippen LogP) is -0.974. The molecule has 0 aromatic carbocycles. The van der Waals surface area contributed by atoms with Crippen LogP contribution in [-0.2, 0) is 15.8 Å². The lowest BCUT2D eigenvalue weighted by atomic mass is 11.5. The van der Waals surface area contributed by atoms with Crippen molar-refractivity contribution in [3.8, 4) is 0 Å². The molecule has 1 unspecified atom stereocenters. The molecule has 3 nitrogen and oxygen atoms in total. The second-order valence-electron chi connectivity index (χ2n) is 0.690. The van der Waals surface area contributed by atoms with Gasteiger partial charge in [0.2, 0.25) is 6.41 Å². The third-order valence-corrected chi connectivity index (χ3v) is 0.642. The van der Waals surface area contributed by atoms with E-state index in [-0.39, 0.29) is 0 Å². The molecular formula is C2H5NO2S. The fourth-order valence-electron chi connectivity index (χ4n) is 0.0678. The van der Waals surface area contributed by atoms with Crippen LogP contribution in [0, 0.1) is 0 Å². The number of carbonyl (C=O) groups is 1. The maximum absolute atomic E-state index is 9.81. The molecule has 4 heteroatoms. The van der Waals surface area contributed by atoms with Gasteiger partial charge in [-0.3, -0.25) is 9.52 Å². The summed E-state index contributed by atoms with van der Waals surface area (Å²) in [4.78, 5) is 9.31. The molecule has 0 rings (SSSR count). The minimum Gasteiger partial charge on any atom is -0.278 e. The molecule has 0 saturated carbocycles. The van der Waals surface area contributed by atoms with Crippen molar-refractivity contribution < 1.29 is 9.00 Å². The van der Waals surface area contributed by atoms with Gasteiger partial charge < -0.3 is 0 Å². The Balaban J connectivity index is 3.05. The molecule has 0 heterocycles. The lowest BCUT2D eigenvalue weighted by Crippen LogP contribution is -2.11. The van der Waals surface area contributed by atoms with Gasteiger partial charge in [-0.1, -0.05) is 0 Å². The van der Waals surface area contributed by atoms with Crippen LogP contribution < -0.4 is 4.72 Å². The molecule has 0 aliphatic carbocycles. The van der Waals surface area contributed by atoms with E-state index >= 15 is 0 Å². The Morgan fingerprint density at radius 2 is 2.33 bits per heavy atom. The van der Waals surface area contributed by atoms with Crippen LogP contribution in [0.5, 0.6) is 0 Å². The Kier molecular flexibility index (Phi) is 2.66. The highest BCUT2D eigenvalue weighted by atomic mass is 32.2. The van der Waals surface area contributed by atoms with Crippen LogP contribution in [0.3, 0.4) is 0 Å². The average Bonchev–Trinajstić information content (AvgIpc) is 1.35. The normalized spacial score (nSPS) is 12.8. The zero-order valence-corrected chi connectivity index (χ0v) is 4.12. The molecule has 1 N–H and O–H groups in total. The van der Waals surface area contributed by atoms with Crippen LogP contribution in [0.1, 0.15) is 0 Å². The number of hydrogen-bond donors (Lipinski definition) is 1. The molecule has 0 saturated heterocycles. The number of hydrogen-bond acceptors (Lipinski definition) is 2. The van der Waals surface area contributed by atoms with Crippen molar-refractivity contribution in [2.24, 2.45) is 0 Å². The zero-order chi connectivity index (χ0) is 4.99. The summed E-state index contributed by atoms with van der Waals surface area (Å²) < 4.78 is 11.8. The van der Waals surface area contributed by atoms with Crippen LogP contribution in [0.25, 0.3) is 0 Å². The van der Waals surface area contributed by atoms with Gasteiger partial charge >= 0.3 is 0 Å². The number of nitrogens with one attached hydrogen (secondary N) is 1. The molecular weight excluding hydrogens is 102 g/mol. The van der Waals surface area contributed by atoms with Gasteiger partial charge in [0.15, 0.2) is 0 Å². The Morgan fingerprint density at radius 1 is 1.83 bits per heavy atom. The van der Waals surface area contributed by atoms with Gasteiger partial charge in [0, 0.05) is 6.26 Å². The molecule has 0 aliphatic heterocycles. The van der Waals surface area contributed by atoms with Gasteiger partial charge in [-0.05, 0) is 0 Å². The summed E-state index contributed by atoms with van der Waals surface area (Å²) >= 11 is 0. The summed E-state index contributed by atoms with van der Waals surface area (Å²) in [5.74, 6) is 0. The maximum Gasteiger partial charge on any atom is 0.218 e. The fraction of sp³-hybridized carbons (Fsp3) is 0.500. The molecule has 36 valence electrons. The summed E-state index contributed by atoms with van der Waals surface area (Å²) in [6.07, 6.45) is 1.78. The number of carbonyl (C=O) groups excluding carboxylic acids is 1. The minimum atomic E-state index is -1.18. The van der Waals surface area contributed by atoms with E-state index in [1.807, 2.05) is 4.72 Å². The maximum atomic E-state index is 9.81. The molecule has 0 bridgehead atoms. The summed E-state index contributed by atoms with van der Waals surface area (Å²) in [6.45, 7) is 0. The summed E-state index contributed by atoms with van der Waals surface area (Å²) in [7, 11) is -1.18. The van der Waals surface area contributed by atoms with E-state index in [1.165, 1.54) is 6.26 Å². The van der Waals surface area contributed by atoms with Gasteiger partial charge in [0.25, 0.3) is 0 Å². The molecule has 1 amide bonds. The first kappa shape index (κ1) is 5.62. The van der Waals surface area contributed by atoms with Crippen molar-refractivity contribution >= 4 is 17.4 Å². The van der Waals surface area contributed by atoms with Gasteiger partial charge in [0.1, 0.15) is 11.0 Å². The Hall–Kier alpha value is -0.380. The lowest BCUT2D eigenvalue weighted by Gasteiger charge is -1.81. The number of amides is 1. The van der Waals surface area contributed by atoms with Crippen molar-refractivity contribution in [3.63, 3.8) is 0 Å². The Labute approximate surface area is 38.3 Å².